The zero-order chi connectivity index (χ0) is 18.7. The minimum atomic E-state index is -3.20. The van der Waals surface area contributed by atoms with E-state index in [9.17, 15) is 13.2 Å². The van der Waals surface area contributed by atoms with E-state index in [0.29, 0.717) is 18.1 Å². The lowest BCUT2D eigenvalue weighted by molar-refractivity contribution is -0.126. The monoisotopic (exact) mass is 400 g/mol. The van der Waals surface area contributed by atoms with Crippen molar-refractivity contribution >= 4 is 33.3 Å². The molecule has 0 saturated carbocycles. The van der Waals surface area contributed by atoms with Crippen LogP contribution in [0.25, 0.3) is 0 Å². The molecule has 0 bridgehead atoms. The van der Waals surface area contributed by atoms with Crippen molar-refractivity contribution in [3.8, 4) is 0 Å². The van der Waals surface area contributed by atoms with Crippen LogP contribution >= 0.6 is 11.6 Å². The number of nitrogens with one attached hydrogen (secondary N) is 1. The van der Waals surface area contributed by atoms with Gasteiger partial charge in [0.2, 0.25) is 15.9 Å². The number of pyridine rings is 1. The Kier molecular flexibility index (Phi) is 6.04. The summed E-state index contributed by atoms with van der Waals surface area (Å²) in [6.07, 6.45) is 5.98. The van der Waals surface area contributed by atoms with Gasteiger partial charge < -0.3 is 10.2 Å². The minimum Gasteiger partial charge on any atom is -0.357 e. The zero-order valence-electron chi connectivity index (χ0n) is 14.9. The molecule has 26 heavy (non-hydrogen) atoms. The summed E-state index contributed by atoms with van der Waals surface area (Å²) in [4.78, 5) is 19.1. The van der Waals surface area contributed by atoms with Crippen LogP contribution in [0.4, 0.5) is 5.82 Å². The molecule has 0 aliphatic carbocycles. The highest BCUT2D eigenvalue weighted by atomic mass is 35.5. The average Bonchev–Trinajstić information content (AvgIpc) is 2.62. The topological polar surface area (TPSA) is 82.6 Å². The van der Waals surface area contributed by atoms with Crippen LogP contribution in [0.1, 0.15) is 25.7 Å². The maximum absolute atomic E-state index is 12.6. The number of sulfonamides is 1. The molecular formula is C17H25ClN4O3S. The van der Waals surface area contributed by atoms with Gasteiger partial charge in [0.05, 0.1) is 11.3 Å². The Labute approximate surface area is 159 Å². The standard InChI is InChI=1S/C17H25ClN4O3S/c1-26(24,25)22-8-2-3-15(12-22)20-17(23)13-6-9-21(10-7-13)16-5-4-14(18)11-19-16/h4-5,11,13,15H,2-3,6-10,12H2,1H3,(H,20,23). The van der Waals surface area contributed by atoms with E-state index in [0.717, 1.165) is 44.6 Å². The fourth-order valence-corrected chi connectivity index (χ4v) is 4.63. The van der Waals surface area contributed by atoms with Gasteiger partial charge in [-0.15, -0.1) is 0 Å². The first-order valence-electron chi connectivity index (χ1n) is 8.95. The molecule has 3 rings (SSSR count). The van der Waals surface area contributed by atoms with Crippen LogP contribution in [0.2, 0.25) is 5.02 Å². The Morgan fingerprint density at radius 1 is 1.23 bits per heavy atom. The van der Waals surface area contributed by atoms with Crippen LogP contribution in [0, 0.1) is 5.92 Å². The quantitative estimate of drug-likeness (QED) is 0.827. The summed E-state index contributed by atoms with van der Waals surface area (Å²) in [6.45, 7) is 2.45. The fraction of sp³-hybridized carbons (Fsp3) is 0.647. The summed E-state index contributed by atoms with van der Waals surface area (Å²) in [5, 5.41) is 3.67. The Balaban J connectivity index is 1.50. The number of piperidine rings is 2. The fourth-order valence-electron chi connectivity index (χ4n) is 3.61. The van der Waals surface area contributed by atoms with Crippen LogP contribution in [-0.4, -0.2) is 62.1 Å². The van der Waals surface area contributed by atoms with Crippen LogP contribution in [0.5, 0.6) is 0 Å². The predicted molar refractivity (Wildman–Crippen MR) is 102 cm³/mol. The lowest BCUT2D eigenvalue weighted by Gasteiger charge is -2.35. The van der Waals surface area contributed by atoms with E-state index in [-0.39, 0.29) is 17.9 Å². The molecule has 9 heteroatoms. The van der Waals surface area contributed by atoms with E-state index in [1.807, 2.05) is 12.1 Å². The SMILES string of the molecule is CS(=O)(=O)N1CCCC(NC(=O)C2CCN(c3ccc(Cl)cn3)CC2)C1. The van der Waals surface area contributed by atoms with Gasteiger partial charge in [0.1, 0.15) is 5.82 Å². The van der Waals surface area contributed by atoms with Crippen molar-refractivity contribution in [2.75, 3.05) is 37.3 Å². The van der Waals surface area contributed by atoms with E-state index in [4.69, 9.17) is 11.6 Å². The number of aromatic nitrogens is 1. The second-order valence-electron chi connectivity index (χ2n) is 7.06. The largest absolute Gasteiger partial charge is 0.357 e. The summed E-state index contributed by atoms with van der Waals surface area (Å²) in [6, 6.07) is 3.62. The van der Waals surface area contributed by atoms with Crippen molar-refractivity contribution < 1.29 is 13.2 Å². The molecule has 1 aromatic heterocycles. The predicted octanol–water partition coefficient (Wildman–Crippen LogP) is 1.49. The normalized spacial score (nSPS) is 23.0. The molecule has 7 nitrogen and oxygen atoms in total. The van der Waals surface area contributed by atoms with Crippen LogP contribution in [0.3, 0.4) is 0 Å². The van der Waals surface area contributed by atoms with Crippen molar-refractivity contribution in [2.45, 2.75) is 31.7 Å². The number of carbonyl (C=O) groups excluding carboxylic acids is 1. The van der Waals surface area contributed by atoms with Crippen molar-refractivity contribution in [1.29, 1.82) is 0 Å². The molecule has 1 unspecified atom stereocenters. The number of rotatable bonds is 4. The van der Waals surface area contributed by atoms with E-state index >= 15 is 0 Å². The summed E-state index contributed by atoms with van der Waals surface area (Å²) in [7, 11) is -3.20. The van der Waals surface area contributed by atoms with Gasteiger partial charge in [0, 0.05) is 44.3 Å². The van der Waals surface area contributed by atoms with Gasteiger partial charge in [-0.1, -0.05) is 11.6 Å². The maximum atomic E-state index is 12.6. The zero-order valence-corrected chi connectivity index (χ0v) is 16.5. The molecule has 1 N–H and O–H groups in total. The van der Waals surface area contributed by atoms with E-state index in [1.165, 1.54) is 10.6 Å². The smallest absolute Gasteiger partial charge is 0.223 e. The number of hydrogen-bond donors (Lipinski definition) is 1. The molecular weight excluding hydrogens is 376 g/mol. The second kappa shape index (κ2) is 8.10. The van der Waals surface area contributed by atoms with Crippen LogP contribution in [0.15, 0.2) is 18.3 Å². The number of halogens is 1. The lowest BCUT2D eigenvalue weighted by Crippen LogP contribution is -2.51. The third kappa shape index (κ3) is 4.86. The van der Waals surface area contributed by atoms with Crippen molar-refractivity contribution in [3.63, 3.8) is 0 Å². The first-order valence-corrected chi connectivity index (χ1v) is 11.2. The minimum absolute atomic E-state index is 0.0350. The van der Waals surface area contributed by atoms with Gasteiger partial charge in [-0.05, 0) is 37.8 Å². The summed E-state index contributed by atoms with van der Waals surface area (Å²) >= 11 is 5.87. The molecule has 0 aromatic carbocycles. The summed E-state index contributed by atoms with van der Waals surface area (Å²) in [5.74, 6) is 0.880. The van der Waals surface area contributed by atoms with Crippen molar-refractivity contribution in [1.82, 2.24) is 14.6 Å². The molecule has 0 radical (unpaired) electrons. The van der Waals surface area contributed by atoms with Gasteiger partial charge >= 0.3 is 0 Å². The maximum Gasteiger partial charge on any atom is 0.223 e. The number of anilines is 1. The Hall–Kier alpha value is -1.38. The molecule has 3 heterocycles. The molecule has 1 amide bonds. The number of carbonyl (C=O) groups is 1. The first-order chi connectivity index (χ1) is 12.3. The molecule has 2 aliphatic rings. The highest BCUT2D eigenvalue weighted by Crippen LogP contribution is 2.23. The van der Waals surface area contributed by atoms with Crippen LogP contribution < -0.4 is 10.2 Å². The third-order valence-corrected chi connectivity index (χ3v) is 6.59. The highest BCUT2D eigenvalue weighted by Gasteiger charge is 2.30. The van der Waals surface area contributed by atoms with Gasteiger partial charge in [0.25, 0.3) is 0 Å². The lowest BCUT2D eigenvalue weighted by atomic mass is 9.95. The Morgan fingerprint density at radius 2 is 1.96 bits per heavy atom. The highest BCUT2D eigenvalue weighted by molar-refractivity contribution is 7.88. The number of hydrogen-bond acceptors (Lipinski definition) is 5. The Bertz CT molecular complexity index is 733. The molecule has 0 spiro atoms. The second-order valence-corrected chi connectivity index (χ2v) is 9.48. The van der Waals surface area contributed by atoms with E-state index < -0.39 is 10.0 Å². The molecule has 1 atom stereocenters. The summed E-state index contributed by atoms with van der Waals surface area (Å²) in [5.41, 5.74) is 0. The van der Waals surface area contributed by atoms with Gasteiger partial charge in [0.15, 0.2) is 0 Å². The molecule has 1 aromatic rings. The van der Waals surface area contributed by atoms with E-state index in [2.05, 4.69) is 15.2 Å². The molecule has 144 valence electrons. The molecule has 2 fully saturated rings. The van der Waals surface area contributed by atoms with Crippen LogP contribution in [-0.2, 0) is 14.8 Å². The average molecular weight is 401 g/mol. The van der Waals surface area contributed by atoms with Crippen molar-refractivity contribution in [3.05, 3.63) is 23.4 Å². The molecule has 2 saturated heterocycles. The Morgan fingerprint density at radius 3 is 2.58 bits per heavy atom. The van der Waals surface area contributed by atoms with Gasteiger partial charge in [-0.25, -0.2) is 17.7 Å². The van der Waals surface area contributed by atoms with Gasteiger partial charge in [-0.3, -0.25) is 4.79 Å². The van der Waals surface area contributed by atoms with Crippen molar-refractivity contribution in [2.24, 2.45) is 5.92 Å². The number of nitrogens with zero attached hydrogens (tertiary/aromatic N) is 3. The van der Waals surface area contributed by atoms with Gasteiger partial charge in [-0.2, -0.15) is 0 Å². The first kappa shape index (κ1) is 19.4. The van der Waals surface area contributed by atoms with E-state index in [1.54, 1.807) is 6.20 Å². The molecule has 2 aliphatic heterocycles. The summed E-state index contributed by atoms with van der Waals surface area (Å²) < 4.78 is 24.9. The third-order valence-electron chi connectivity index (χ3n) is 5.10. The number of amides is 1.